The Bertz CT molecular complexity index is 1370. The summed E-state index contributed by atoms with van der Waals surface area (Å²) in [6.07, 6.45) is -4.82. The van der Waals surface area contributed by atoms with Gasteiger partial charge in [-0.1, -0.05) is 6.92 Å². The Morgan fingerprint density at radius 1 is 0.685 bits per heavy atom. The van der Waals surface area contributed by atoms with Crippen LogP contribution >= 0.6 is 0 Å². The lowest BCUT2D eigenvalue weighted by Crippen LogP contribution is -2.48. The second-order valence-electron chi connectivity index (χ2n) is 13.5. The second kappa shape index (κ2) is 21.1. The van der Waals surface area contributed by atoms with Gasteiger partial charge in [-0.3, -0.25) is 0 Å². The van der Waals surface area contributed by atoms with Crippen molar-refractivity contribution in [3.8, 4) is 23.0 Å². The summed E-state index contributed by atoms with van der Waals surface area (Å²) in [4.78, 5) is 36.4. The first-order valence-electron chi connectivity index (χ1n) is 17.2. The first-order valence-corrected chi connectivity index (χ1v) is 17.2. The number of hydrogen-bond acceptors (Lipinski definition) is 18. The SMILES string of the molecule is CCC(COCC(O)COC(=O)c1cc(O)cc(O)c1)(COCC(O)COC(=O)c1cc(O)cc(O)c1)COCC(O)COC1(C=O)CC(O)CC(O)C1. The molecular weight excluding hydrogens is 720 g/mol. The molecule has 0 bridgehead atoms. The Balaban J connectivity index is 1.54. The van der Waals surface area contributed by atoms with E-state index in [0.29, 0.717) is 12.7 Å². The topological polar surface area (TPSA) is 289 Å². The van der Waals surface area contributed by atoms with Gasteiger partial charge in [-0.2, -0.15) is 0 Å². The largest absolute Gasteiger partial charge is 0.508 e. The number of carbonyl (C=O) groups is 3. The van der Waals surface area contributed by atoms with Crippen LogP contribution in [0.25, 0.3) is 0 Å². The maximum atomic E-state index is 12.3. The van der Waals surface area contributed by atoms with Gasteiger partial charge >= 0.3 is 11.9 Å². The predicted molar refractivity (Wildman–Crippen MR) is 184 cm³/mol. The van der Waals surface area contributed by atoms with Gasteiger partial charge in [-0.05, 0) is 37.1 Å². The minimum absolute atomic E-state index is 0.0380. The van der Waals surface area contributed by atoms with Gasteiger partial charge in [0.05, 0.1) is 69.6 Å². The van der Waals surface area contributed by atoms with E-state index in [4.69, 9.17) is 28.4 Å². The number of aldehydes is 1. The van der Waals surface area contributed by atoms with Gasteiger partial charge < -0.3 is 79.2 Å². The normalized spacial score (nSPS) is 21.4. The highest BCUT2D eigenvalue weighted by atomic mass is 16.6. The van der Waals surface area contributed by atoms with Crippen LogP contribution in [0.15, 0.2) is 36.4 Å². The Morgan fingerprint density at radius 2 is 1.06 bits per heavy atom. The molecule has 302 valence electrons. The first-order chi connectivity index (χ1) is 25.6. The lowest BCUT2D eigenvalue weighted by Gasteiger charge is -2.37. The van der Waals surface area contributed by atoms with Crippen LogP contribution in [0, 0.1) is 5.41 Å². The van der Waals surface area contributed by atoms with Crippen molar-refractivity contribution >= 4 is 18.2 Å². The monoisotopic (exact) mass is 770 g/mol. The number of hydrogen-bond donors (Lipinski definition) is 9. The Hall–Kier alpha value is -4.11. The number of rotatable bonds is 23. The van der Waals surface area contributed by atoms with E-state index in [1.54, 1.807) is 6.92 Å². The quantitative estimate of drug-likeness (QED) is 0.0527. The van der Waals surface area contributed by atoms with Gasteiger partial charge in [-0.15, -0.1) is 0 Å². The van der Waals surface area contributed by atoms with Crippen LogP contribution in [0.4, 0.5) is 0 Å². The molecule has 1 aliphatic carbocycles. The standard InChI is InChI=1S/C36H50O18/c1-2-35(19-49-12-30(44)15-52-33(47)22-3-24(38)7-25(39)4-22,20-50-13-31(45)16-53-34(48)23-5-26(40)8-27(41)6-23)21-51-14-32(46)17-54-36(18-37)10-28(42)9-29(43)11-36/h3-8,18,28-32,38-46H,2,9-17,19-21H2,1H3. The molecule has 0 radical (unpaired) electrons. The molecule has 0 aromatic heterocycles. The number of phenols is 4. The molecule has 18 heteroatoms. The molecule has 0 aliphatic heterocycles. The lowest BCUT2D eigenvalue weighted by molar-refractivity contribution is -0.163. The molecule has 0 amide bonds. The van der Waals surface area contributed by atoms with Crippen LogP contribution in [-0.2, 0) is 33.2 Å². The minimum Gasteiger partial charge on any atom is -0.508 e. The van der Waals surface area contributed by atoms with E-state index in [1.807, 2.05) is 0 Å². The van der Waals surface area contributed by atoms with Gasteiger partial charge in [0, 0.05) is 30.4 Å². The van der Waals surface area contributed by atoms with Crippen molar-refractivity contribution in [2.75, 3.05) is 59.5 Å². The third-order valence-corrected chi connectivity index (χ3v) is 8.48. The lowest BCUT2D eigenvalue weighted by atomic mass is 9.82. The molecule has 9 N–H and O–H groups in total. The zero-order valence-corrected chi connectivity index (χ0v) is 29.8. The Morgan fingerprint density at radius 3 is 1.41 bits per heavy atom. The maximum Gasteiger partial charge on any atom is 0.338 e. The summed E-state index contributed by atoms with van der Waals surface area (Å²) in [5.74, 6) is -3.25. The van der Waals surface area contributed by atoms with Gasteiger partial charge in [-0.25, -0.2) is 9.59 Å². The van der Waals surface area contributed by atoms with Crippen molar-refractivity contribution < 1.29 is 88.8 Å². The van der Waals surface area contributed by atoms with Crippen molar-refractivity contribution in [3.63, 3.8) is 0 Å². The van der Waals surface area contributed by atoms with Crippen LogP contribution in [-0.4, -0.2) is 160 Å². The van der Waals surface area contributed by atoms with Crippen LogP contribution in [0.2, 0.25) is 0 Å². The smallest absolute Gasteiger partial charge is 0.338 e. The number of esters is 2. The third kappa shape index (κ3) is 14.6. The summed E-state index contributed by atoms with van der Waals surface area (Å²) >= 11 is 0. The fraction of sp³-hybridized carbons (Fsp3) is 0.583. The molecule has 5 atom stereocenters. The summed E-state index contributed by atoms with van der Waals surface area (Å²) in [5.41, 5.74) is -2.70. The highest BCUT2D eigenvalue weighted by molar-refractivity contribution is 5.91. The van der Waals surface area contributed by atoms with E-state index in [2.05, 4.69) is 0 Å². The van der Waals surface area contributed by atoms with Crippen molar-refractivity contribution in [2.45, 2.75) is 68.7 Å². The maximum absolute atomic E-state index is 12.3. The van der Waals surface area contributed by atoms with E-state index in [9.17, 15) is 60.3 Å². The zero-order valence-electron chi connectivity index (χ0n) is 29.8. The van der Waals surface area contributed by atoms with Crippen molar-refractivity contribution in [2.24, 2.45) is 5.41 Å². The molecule has 0 saturated heterocycles. The molecule has 1 fully saturated rings. The van der Waals surface area contributed by atoms with E-state index >= 15 is 0 Å². The molecule has 54 heavy (non-hydrogen) atoms. The molecule has 2 aromatic carbocycles. The van der Waals surface area contributed by atoms with E-state index < -0.39 is 66.7 Å². The van der Waals surface area contributed by atoms with Crippen LogP contribution in [0.1, 0.15) is 53.3 Å². The van der Waals surface area contributed by atoms with Gasteiger partial charge in [0.2, 0.25) is 0 Å². The number of aliphatic hydroxyl groups excluding tert-OH is 5. The zero-order chi connectivity index (χ0) is 39.9. The molecule has 3 rings (SSSR count). The first kappa shape index (κ1) is 44.3. The molecular formula is C36H50O18. The molecule has 1 saturated carbocycles. The summed E-state index contributed by atoms with van der Waals surface area (Å²) in [6, 6.07) is 6.38. The Labute approximate surface area is 311 Å². The van der Waals surface area contributed by atoms with E-state index in [-0.39, 0.29) is 99.6 Å². The number of aliphatic hydroxyl groups is 5. The van der Waals surface area contributed by atoms with Crippen molar-refractivity contribution in [1.29, 1.82) is 0 Å². The summed E-state index contributed by atoms with van der Waals surface area (Å²) in [7, 11) is 0. The molecule has 2 aromatic rings. The molecule has 0 heterocycles. The summed E-state index contributed by atoms with van der Waals surface area (Å²) < 4.78 is 33.0. The fourth-order valence-electron chi connectivity index (χ4n) is 5.62. The Kier molecular flexibility index (Phi) is 17.3. The predicted octanol–water partition coefficient (Wildman–Crippen LogP) is -0.0883. The average molecular weight is 771 g/mol. The van der Waals surface area contributed by atoms with Gasteiger partial charge in [0.15, 0.2) is 6.29 Å². The molecule has 0 spiro atoms. The van der Waals surface area contributed by atoms with Crippen molar-refractivity contribution in [3.05, 3.63) is 47.5 Å². The van der Waals surface area contributed by atoms with Crippen LogP contribution in [0.5, 0.6) is 23.0 Å². The third-order valence-electron chi connectivity index (χ3n) is 8.48. The number of ether oxygens (including phenoxy) is 6. The van der Waals surface area contributed by atoms with Crippen molar-refractivity contribution in [1.82, 2.24) is 0 Å². The highest BCUT2D eigenvalue weighted by Gasteiger charge is 2.41. The fourth-order valence-corrected chi connectivity index (χ4v) is 5.62. The van der Waals surface area contributed by atoms with Gasteiger partial charge in [0.25, 0.3) is 0 Å². The summed E-state index contributed by atoms with van der Waals surface area (Å²) in [6.45, 7) is -0.719. The number of carbonyl (C=O) groups excluding carboxylic acids is 3. The number of aromatic hydroxyl groups is 4. The number of benzene rings is 2. The van der Waals surface area contributed by atoms with Gasteiger partial charge in [0.1, 0.15) is 60.1 Å². The van der Waals surface area contributed by atoms with E-state index in [0.717, 1.165) is 36.4 Å². The second-order valence-corrected chi connectivity index (χ2v) is 13.5. The van der Waals surface area contributed by atoms with E-state index in [1.165, 1.54) is 0 Å². The minimum atomic E-state index is -1.47. The van der Waals surface area contributed by atoms with Crippen LogP contribution < -0.4 is 0 Å². The summed E-state index contributed by atoms with van der Waals surface area (Å²) in [5, 5.41) is 89.7. The highest BCUT2D eigenvalue weighted by Crippen LogP contribution is 2.31. The number of phenolic OH excluding ortho intramolecular Hbond substituents is 4. The molecule has 1 aliphatic rings. The van der Waals surface area contributed by atoms with Crippen LogP contribution in [0.3, 0.4) is 0 Å². The molecule has 5 unspecified atom stereocenters. The molecule has 18 nitrogen and oxygen atoms in total. The average Bonchev–Trinajstić information content (AvgIpc) is 3.10.